The smallest absolute Gasteiger partial charge is 0.220 e. The number of aliphatic hydroxyl groups is 8. The third-order valence-corrected chi connectivity index (χ3v) is 15.7. The Labute approximate surface area is 486 Å². The van der Waals surface area contributed by atoms with Gasteiger partial charge in [0.05, 0.1) is 32.0 Å². The number of rotatable bonds is 52. The highest BCUT2D eigenvalue weighted by Crippen LogP contribution is 2.30. The average molecular weight is 1130 g/mol. The van der Waals surface area contributed by atoms with E-state index in [1.807, 2.05) is 0 Å². The molecule has 0 aromatic rings. The average Bonchev–Trinajstić information content (AvgIpc) is 3.49. The third-order valence-electron chi connectivity index (χ3n) is 15.7. The molecule has 0 aliphatic carbocycles. The topological polar surface area (TPSA) is 228 Å². The van der Waals surface area contributed by atoms with Crippen molar-refractivity contribution in [2.75, 3.05) is 19.8 Å². The van der Waals surface area contributed by atoms with Crippen LogP contribution in [0.25, 0.3) is 0 Å². The number of ether oxygens (including phenoxy) is 4. The van der Waals surface area contributed by atoms with Crippen LogP contribution in [0, 0.1) is 0 Å². The normalized spacial score (nSPS) is 24.6. The van der Waals surface area contributed by atoms with Gasteiger partial charge in [0, 0.05) is 6.42 Å². The molecule has 14 nitrogen and oxygen atoms in total. The molecule has 466 valence electrons. The van der Waals surface area contributed by atoms with Gasteiger partial charge in [-0.15, -0.1) is 0 Å². The van der Waals surface area contributed by atoms with Crippen molar-refractivity contribution in [3.05, 3.63) is 60.8 Å². The number of unbranched alkanes of at least 4 members (excludes halogenated alkanes) is 29. The molecule has 12 unspecified atom stereocenters. The predicted octanol–water partition coefficient (Wildman–Crippen LogP) is 12.1. The molecule has 9 N–H and O–H groups in total. The Hall–Kier alpha value is -2.31. The van der Waals surface area contributed by atoms with Crippen molar-refractivity contribution in [3.8, 4) is 0 Å². The van der Waals surface area contributed by atoms with E-state index in [9.17, 15) is 45.6 Å². The molecular formula is C66H119NO13. The van der Waals surface area contributed by atoms with Crippen LogP contribution in [0.3, 0.4) is 0 Å². The van der Waals surface area contributed by atoms with Crippen molar-refractivity contribution in [3.63, 3.8) is 0 Å². The predicted molar refractivity (Wildman–Crippen MR) is 323 cm³/mol. The molecule has 0 aromatic heterocycles. The molecule has 2 heterocycles. The quantitative estimate of drug-likeness (QED) is 0.0204. The molecule has 0 aromatic carbocycles. The van der Waals surface area contributed by atoms with E-state index in [-0.39, 0.29) is 12.5 Å². The maximum absolute atomic E-state index is 13.3. The highest BCUT2D eigenvalue weighted by Gasteiger charge is 2.51. The van der Waals surface area contributed by atoms with Crippen molar-refractivity contribution in [2.45, 2.75) is 331 Å². The Kier molecular flexibility index (Phi) is 47.2. The van der Waals surface area contributed by atoms with Crippen molar-refractivity contribution >= 4 is 5.91 Å². The van der Waals surface area contributed by atoms with E-state index in [4.69, 9.17) is 18.9 Å². The molecule has 2 aliphatic rings. The van der Waals surface area contributed by atoms with Gasteiger partial charge in [0.15, 0.2) is 12.6 Å². The number of nitrogens with one attached hydrogen (secondary N) is 1. The van der Waals surface area contributed by atoms with Crippen molar-refractivity contribution in [2.24, 2.45) is 0 Å². The Morgan fingerprint density at radius 3 is 1.32 bits per heavy atom. The molecule has 0 spiro atoms. The van der Waals surface area contributed by atoms with Crippen LogP contribution < -0.4 is 5.32 Å². The number of carbonyl (C=O) groups excluding carboxylic acids is 1. The fourth-order valence-corrected chi connectivity index (χ4v) is 10.6. The van der Waals surface area contributed by atoms with E-state index in [0.717, 1.165) is 83.5 Å². The first-order valence-corrected chi connectivity index (χ1v) is 32.5. The monoisotopic (exact) mass is 1130 g/mol. The molecule has 2 saturated heterocycles. The summed E-state index contributed by atoms with van der Waals surface area (Å²) in [5, 5.41) is 87.5. The molecule has 12 atom stereocenters. The summed E-state index contributed by atoms with van der Waals surface area (Å²) in [7, 11) is 0. The Morgan fingerprint density at radius 2 is 0.863 bits per heavy atom. The van der Waals surface area contributed by atoms with Gasteiger partial charge in [0.25, 0.3) is 0 Å². The van der Waals surface area contributed by atoms with E-state index in [2.05, 4.69) is 79.9 Å². The van der Waals surface area contributed by atoms with Crippen LogP contribution in [0.4, 0.5) is 0 Å². The van der Waals surface area contributed by atoms with Crippen LogP contribution in [-0.2, 0) is 23.7 Å². The van der Waals surface area contributed by atoms with Gasteiger partial charge in [0.2, 0.25) is 5.91 Å². The Bertz CT molecular complexity index is 1570. The van der Waals surface area contributed by atoms with Crippen LogP contribution in [0.2, 0.25) is 0 Å². The molecule has 0 radical (unpaired) electrons. The summed E-state index contributed by atoms with van der Waals surface area (Å²) < 4.78 is 22.9. The van der Waals surface area contributed by atoms with E-state index in [1.54, 1.807) is 0 Å². The molecule has 1 amide bonds. The number of carbonyl (C=O) groups is 1. The molecule has 2 fully saturated rings. The Balaban J connectivity index is 1.72. The number of hydrogen-bond donors (Lipinski definition) is 9. The minimum absolute atomic E-state index is 0.213. The van der Waals surface area contributed by atoms with Gasteiger partial charge in [-0.05, 0) is 57.8 Å². The SMILES string of the molecule is CC/C=C\C/C=C\C/C=C\C/C=C\C/C=C\CCCCCCCCCCCC(=O)NC(COC1OC(CO)C(OC2OC(CO)C(O)C(O)C2O)C(O)C1O)C(O)CCCCCCCCCCCCCCCCCCCCCCC. The molecule has 0 saturated carbocycles. The van der Waals surface area contributed by atoms with E-state index < -0.39 is 86.8 Å². The van der Waals surface area contributed by atoms with Gasteiger partial charge in [0.1, 0.15) is 48.8 Å². The lowest BCUT2D eigenvalue weighted by Crippen LogP contribution is -2.65. The summed E-state index contributed by atoms with van der Waals surface area (Å²) in [6, 6.07) is -0.836. The van der Waals surface area contributed by atoms with Gasteiger partial charge < -0.3 is 65.1 Å². The minimum atomic E-state index is -1.79. The van der Waals surface area contributed by atoms with Crippen LogP contribution in [0.15, 0.2) is 60.8 Å². The van der Waals surface area contributed by atoms with Gasteiger partial charge >= 0.3 is 0 Å². The fourth-order valence-electron chi connectivity index (χ4n) is 10.6. The highest BCUT2D eigenvalue weighted by molar-refractivity contribution is 5.76. The minimum Gasteiger partial charge on any atom is -0.394 e. The summed E-state index contributed by atoms with van der Waals surface area (Å²) >= 11 is 0. The fraction of sp³-hybridized carbons (Fsp3) is 0.833. The van der Waals surface area contributed by atoms with Crippen molar-refractivity contribution in [1.29, 1.82) is 0 Å². The summed E-state index contributed by atoms with van der Waals surface area (Å²) in [6.45, 7) is 2.77. The van der Waals surface area contributed by atoms with Crippen LogP contribution >= 0.6 is 0 Å². The maximum atomic E-state index is 13.3. The first-order chi connectivity index (χ1) is 39.1. The summed E-state index contributed by atoms with van der Waals surface area (Å²) in [5.74, 6) is -0.213. The Morgan fingerprint density at radius 1 is 0.463 bits per heavy atom. The van der Waals surface area contributed by atoms with Crippen molar-refractivity contribution < 1.29 is 64.6 Å². The van der Waals surface area contributed by atoms with Crippen LogP contribution in [0.1, 0.15) is 258 Å². The van der Waals surface area contributed by atoms with E-state index >= 15 is 0 Å². The van der Waals surface area contributed by atoms with Gasteiger partial charge in [-0.1, -0.05) is 254 Å². The van der Waals surface area contributed by atoms with Crippen LogP contribution in [-0.4, -0.2) is 140 Å². The second kappa shape index (κ2) is 51.1. The lowest BCUT2D eigenvalue weighted by Gasteiger charge is -2.46. The zero-order chi connectivity index (χ0) is 58.1. The van der Waals surface area contributed by atoms with E-state index in [0.29, 0.717) is 19.3 Å². The zero-order valence-corrected chi connectivity index (χ0v) is 50.3. The van der Waals surface area contributed by atoms with Crippen LogP contribution in [0.5, 0.6) is 0 Å². The molecule has 14 heteroatoms. The molecule has 2 rings (SSSR count). The van der Waals surface area contributed by atoms with Gasteiger partial charge in [-0.25, -0.2) is 0 Å². The van der Waals surface area contributed by atoms with E-state index in [1.165, 1.54) is 141 Å². The standard InChI is InChI=1S/C66H119NO13/c1-3-5-7-9-11-13-15-17-19-21-23-25-26-27-28-30-32-34-36-38-40-42-44-46-48-50-58(71)67-54(55(70)49-47-45-43-41-39-37-35-33-31-29-24-22-20-18-16-14-12-10-8-6-4-2)53-77-65-63(76)61(74)64(57(52-69)79-65)80-66-62(75)60(73)59(72)56(51-68)78-66/h5,7,11,13,17,19,23,25,27-28,54-57,59-66,68-70,72-76H,3-4,6,8-10,12,14-16,18,20-22,24,26,29-53H2,1-2H3,(H,67,71)/b7-5-,13-11-,19-17-,25-23-,28-27-. The second-order valence-electron chi connectivity index (χ2n) is 22.9. The number of allylic oxidation sites excluding steroid dienone is 10. The zero-order valence-electron chi connectivity index (χ0n) is 50.3. The van der Waals surface area contributed by atoms with Gasteiger partial charge in [-0.3, -0.25) is 4.79 Å². The lowest BCUT2D eigenvalue weighted by molar-refractivity contribution is -0.359. The van der Waals surface area contributed by atoms with Gasteiger partial charge in [-0.2, -0.15) is 0 Å². The largest absolute Gasteiger partial charge is 0.394 e. The lowest BCUT2D eigenvalue weighted by atomic mass is 9.97. The summed E-state index contributed by atoms with van der Waals surface area (Å²) in [6.07, 6.45) is 49.3. The molecular weight excluding hydrogens is 1010 g/mol. The summed E-state index contributed by atoms with van der Waals surface area (Å²) in [5.41, 5.74) is 0. The first-order valence-electron chi connectivity index (χ1n) is 32.5. The molecule has 2 aliphatic heterocycles. The van der Waals surface area contributed by atoms with Crippen molar-refractivity contribution in [1.82, 2.24) is 5.32 Å². The first kappa shape index (κ1) is 73.8. The highest BCUT2D eigenvalue weighted by atomic mass is 16.7. The number of aliphatic hydroxyl groups excluding tert-OH is 8. The third kappa shape index (κ3) is 35.7. The summed E-state index contributed by atoms with van der Waals surface area (Å²) in [4.78, 5) is 13.3. The number of amides is 1. The molecule has 80 heavy (non-hydrogen) atoms. The maximum Gasteiger partial charge on any atom is 0.220 e. The second-order valence-corrected chi connectivity index (χ2v) is 22.9. The number of hydrogen-bond acceptors (Lipinski definition) is 13. The molecule has 0 bridgehead atoms.